The van der Waals surface area contributed by atoms with Crippen LogP contribution in [0.1, 0.15) is 41.0 Å². The lowest BCUT2D eigenvalue weighted by Crippen LogP contribution is -2.69. The van der Waals surface area contributed by atoms with Crippen LogP contribution in [0.2, 0.25) is 0 Å². The van der Waals surface area contributed by atoms with Crippen LogP contribution < -0.4 is 5.32 Å². The van der Waals surface area contributed by atoms with Gasteiger partial charge >= 0.3 is 0 Å². The molecule has 0 bridgehead atoms. The molecule has 1 rings (SSSR count). The second-order valence-electron chi connectivity index (χ2n) is 5.83. The van der Waals surface area contributed by atoms with E-state index in [2.05, 4.69) is 5.32 Å². The average molecular weight is 287 g/mol. The zero-order valence-electron chi connectivity index (χ0n) is 12.3. The van der Waals surface area contributed by atoms with E-state index in [0.29, 0.717) is 6.54 Å². The van der Waals surface area contributed by atoms with Crippen LogP contribution in [0.3, 0.4) is 0 Å². The maximum atomic E-state index is 12.5. The minimum Gasteiger partial charge on any atom is -0.340 e. The van der Waals surface area contributed by atoms with Crippen LogP contribution in [0, 0.1) is 5.92 Å². The molecule has 1 fully saturated rings. The third-order valence-corrected chi connectivity index (χ3v) is 4.00. The van der Waals surface area contributed by atoms with Gasteiger partial charge in [0.05, 0.1) is 0 Å². The fourth-order valence-electron chi connectivity index (χ4n) is 2.32. The van der Waals surface area contributed by atoms with Gasteiger partial charge in [-0.25, -0.2) is 0 Å². The summed E-state index contributed by atoms with van der Waals surface area (Å²) < 4.78 is 0. The Kier molecular flexibility index (Phi) is 5.02. The Bertz CT molecular complexity index is 404. The minimum absolute atomic E-state index is 0.0599. The molecule has 0 radical (unpaired) electrons. The van der Waals surface area contributed by atoms with Gasteiger partial charge in [-0.15, -0.1) is 0 Å². The predicted molar refractivity (Wildman–Crippen MR) is 76.8 cm³/mol. The quantitative estimate of drug-likeness (QED) is 0.862. The second-order valence-corrected chi connectivity index (χ2v) is 6.05. The van der Waals surface area contributed by atoms with Gasteiger partial charge in [0.15, 0.2) is 0 Å². The van der Waals surface area contributed by atoms with E-state index in [1.807, 2.05) is 20.8 Å². The molecule has 2 atom stereocenters. The van der Waals surface area contributed by atoms with Crippen LogP contribution in [0.25, 0.3) is 0 Å². The van der Waals surface area contributed by atoms with Crippen LogP contribution in [-0.2, 0) is 9.59 Å². The topological polar surface area (TPSA) is 49.4 Å². The molecule has 4 nitrogen and oxygen atoms in total. The first kappa shape index (κ1) is 16.0. The molecule has 1 aliphatic rings. The normalized spacial score (nSPS) is 25.3. The fraction of sp³-hybridized carbons (Fsp3) is 0.714. The summed E-state index contributed by atoms with van der Waals surface area (Å²) in [5, 5.41) is 2.81. The molecular weight excluding hydrogens is 264 g/mol. The first-order valence-electron chi connectivity index (χ1n) is 6.63. The van der Waals surface area contributed by atoms with E-state index < -0.39 is 11.6 Å². The van der Waals surface area contributed by atoms with Gasteiger partial charge in [-0.05, 0) is 32.3 Å². The predicted octanol–water partition coefficient (Wildman–Crippen LogP) is 2.28. The third-order valence-electron chi connectivity index (χ3n) is 3.62. The Balaban J connectivity index is 3.12. The van der Waals surface area contributed by atoms with Gasteiger partial charge in [0.2, 0.25) is 11.8 Å². The van der Waals surface area contributed by atoms with Crippen molar-refractivity contribution < 1.29 is 9.59 Å². The molecular formula is C14H23ClN2O2. The Hall–Kier alpha value is -1.03. The lowest BCUT2D eigenvalue weighted by atomic mass is 9.89. The maximum absolute atomic E-state index is 12.5. The van der Waals surface area contributed by atoms with E-state index in [0.717, 1.165) is 12.0 Å². The molecule has 0 saturated carbocycles. The molecule has 5 heteroatoms. The molecule has 0 aromatic rings. The van der Waals surface area contributed by atoms with Gasteiger partial charge in [0.25, 0.3) is 0 Å². The Morgan fingerprint density at radius 3 is 2.58 bits per heavy atom. The lowest BCUT2D eigenvalue weighted by molar-refractivity contribution is -0.155. The molecule has 1 aliphatic heterocycles. The Morgan fingerprint density at radius 1 is 1.53 bits per heavy atom. The Labute approximate surface area is 120 Å². The highest BCUT2D eigenvalue weighted by atomic mass is 35.5. The highest BCUT2D eigenvalue weighted by Crippen LogP contribution is 2.25. The van der Waals surface area contributed by atoms with Crippen molar-refractivity contribution in [3.05, 3.63) is 11.1 Å². The summed E-state index contributed by atoms with van der Waals surface area (Å²) in [4.78, 5) is 26.4. The molecule has 2 amide bonds. The fourth-order valence-corrected chi connectivity index (χ4v) is 2.39. The number of amides is 2. The van der Waals surface area contributed by atoms with Crippen LogP contribution in [0.5, 0.6) is 0 Å². The van der Waals surface area contributed by atoms with Crippen molar-refractivity contribution in [2.24, 2.45) is 5.92 Å². The SMILES string of the molecule is CCC(C)C1C(=O)NC(C)(C)C(=O)N1CC(C)=CCl. The van der Waals surface area contributed by atoms with E-state index in [1.54, 1.807) is 18.7 Å². The largest absolute Gasteiger partial charge is 0.340 e. The first-order valence-corrected chi connectivity index (χ1v) is 7.07. The zero-order chi connectivity index (χ0) is 14.8. The summed E-state index contributed by atoms with van der Waals surface area (Å²) in [7, 11) is 0. The van der Waals surface area contributed by atoms with Crippen molar-refractivity contribution in [2.45, 2.75) is 52.6 Å². The summed E-state index contributed by atoms with van der Waals surface area (Å²) in [6.45, 7) is 9.72. The van der Waals surface area contributed by atoms with E-state index >= 15 is 0 Å². The number of rotatable bonds is 4. The van der Waals surface area contributed by atoms with Crippen molar-refractivity contribution in [1.29, 1.82) is 0 Å². The monoisotopic (exact) mass is 286 g/mol. The van der Waals surface area contributed by atoms with Crippen molar-refractivity contribution in [2.75, 3.05) is 6.54 Å². The molecule has 0 spiro atoms. The molecule has 1 heterocycles. The van der Waals surface area contributed by atoms with E-state index in [9.17, 15) is 9.59 Å². The highest BCUT2D eigenvalue weighted by Gasteiger charge is 2.46. The van der Waals surface area contributed by atoms with Gasteiger partial charge in [0.1, 0.15) is 11.6 Å². The first-order chi connectivity index (χ1) is 8.74. The van der Waals surface area contributed by atoms with Gasteiger partial charge in [-0.3, -0.25) is 9.59 Å². The molecule has 19 heavy (non-hydrogen) atoms. The summed E-state index contributed by atoms with van der Waals surface area (Å²) in [6, 6.07) is -0.419. The van der Waals surface area contributed by atoms with Crippen molar-refractivity contribution in [1.82, 2.24) is 10.2 Å². The van der Waals surface area contributed by atoms with Crippen molar-refractivity contribution >= 4 is 23.4 Å². The van der Waals surface area contributed by atoms with Gasteiger partial charge in [0, 0.05) is 12.1 Å². The zero-order valence-corrected chi connectivity index (χ0v) is 13.0. The van der Waals surface area contributed by atoms with Gasteiger partial charge in [-0.2, -0.15) is 0 Å². The van der Waals surface area contributed by atoms with Crippen LogP contribution >= 0.6 is 11.6 Å². The van der Waals surface area contributed by atoms with E-state index in [1.165, 1.54) is 5.54 Å². The maximum Gasteiger partial charge on any atom is 0.248 e. The van der Waals surface area contributed by atoms with E-state index in [-0.39, 0.29) is 17.7 Å². The highest BCUT2D eigenvalue weighted by molar-refractivity contribution is 6.25. The number of piperazine rings is 1. The van der Waals surface area contributed by atoms with Crippen molar-refractivity contribution in [3.8, 4) is 0 Å². The van der Waals surface area contributed by atoms with Crippen molar-refractivity contribution in [3.63, 3.8) is 0 Å². The smallest absolute Gasteiger partial charge is 0.248 e. The molecule has 1 N–H and O–H groups in total. The summed E-state index contributed by atoms with van der Waals surface area (Å²) in [5.74, 6) is -0.0280. The number of nitrogens with one attached hydrogen (secondary N) is 1. The van der Waals surface area contributed by atoms with Crippen LogP contribution in [0.15, 0.2) is 11.1 Å². The molecule has 0 aromatic carbocycles. The average Bonchev–Trinajstić information content (AvgIpc) is 2.34. The number of carbonyl (C=O) groups excluding carboxylic acids is 2. The number of nitrogens with zero attached hydrogens (tertiary/aromatic N) is 1. The number of carbonyl (C=O) groups is 2. The molecule has 1 saturated heterocycles. The summed E-state index contributed by atoms with van der Waals surface area (Å²) in [5.41, 5.74) is 1.47. The van der Waals surface area contributed by atoms with Crippen LogP contribution in [-0.4, -0.2) is 34.8 Å². The molecule has 2 unspecified atom stereocenters. The third kappa shape index (κ3) is 3.30. The molecule has 108 valence electrons. The minimum atomic E-state index is -0.854. The number of halogens is 1. The molecule has 0 aliphatic carbocycles. The Morgan fingerprint density at radius 2 is 2.11 bits per heavy atom. The van der Waals surface area contributed by atoms with Gasteiger partial charge in [-0.1, -0.05) is 31.9 Å². The summed E-state index contributed by atoms with van der Waals surface area (Å²) in [6.07, 6.45) is 0.839. The molecule has 0 aromatic heterocycles. The second kappa shape index (κ2) is 5.95. The van der Waals surface area contributed by atoms with Crippen LogP contribution in [0.4, 0.5) is 0 Å². The standard InChI is InChI=1S/C14H23ClN2O2/c1-6-10(3)11-12(18)16-14(4,5)13(19)17(11)8-9(2)7-15/h7,10-11H,6,8H2,1-5H3,(H,16,18). The van der Waals surface area contributed by atoms with E-state index in [4.69, 9.17) is 11.6 Å². The summed E-state index contributed by atoms with van der Waals surface area (Å²) >= 11 is 5.69. The van der Waals surface area contributed by atoms with Gasteiger partial charge < -0.3 is 10.2 Å². The number of hydrogen-bond acceptors (Lipinski definition) is 2. The lowest BCUT2D eigenvalue weighted by Gasteiger charge is -2.45. The number of hydrogen-bond donors (Lipinski definition) is 1.